The summed E-state index contributed by atoms with van der Waals surface area (Å²) in [7, 11) is -4.10. The van der Waals surface area contributed by atoms with E-state index in [-0.39, 0.29) is 44.2 Å². The zero-order chi connectivity index (χ0) is 47.4. The van der Waals surface area contributed by atoms with E-state index in [1.165, 1.54) is 147 Å². The highest BCUT2D eigenvalue weighted by molar-refractivity contribution is 7.48. The first-order valence-electron chi connectivity index (χ1n) is 26.6. The molecular formula is C52H102N3O8P. The van der Waals surface area contributed by atoms with Crippen molar-refractivity contribution in [3.63, 3.8) is 0 Å². The third-order valence-electron chi connectivity index (χ3n) is 11.6. The molecule has 0 bridgehead atoms. The van der Waals surface area contributed by atoms with Gasteiger partial charge in [0, 0.05) is 25.4 Å². The van der Waals surface area contributed by atoms with Gasteiger partial charge in [0.05, 0.1) is 25.9 Å². The van der Waals surface area contributed by atoms with Crippen molar-refractivity contribution < 1.29 is 37.3 Å². The predicted octanol–water partition coefficient (Wildman–Crippen LogP) is 15.1. The molecule has 378 valence electrons. The van der Waals surface area contributed by atoms with Crippen LogP contribution in [0.1, 0.15) is 260 Å². The fraction of sp³-hybridized carbons (Fsp3) is 0.904. The summed E-state index contributed by atoms with van der Waals surface area (Å²) in [5, 5.41) is 9.11. The lowest BCUT2D eigenvalue weighted by atomic mass is 9.99. The number of amides is 3. The number of alkyl carbamates (subject to hydrolysis) is 1. The molecule has 0 aliphatic heterocycles. The van der Waals surface area contributed by atoms with E-state index in [9.17, 15) is 18.9 Å². The minimum Gasteiger partial charge on any atom is -0.444 e. The molecule has 0 heterocycles. The van der Waals surface area contributed by atoms with E-state index in [2.05, 4.69) is 43.3 Å². The summed E-state index contributed by atoms with van der Waals surface area (Å²) in [5.41, 5.74) is -0.661. The summed E-state index contributed by atoms with van der Waals surface area (Å²) < 4.78 is 36.1. The number of hydrogen-bond donors (Lipinski definition) is 3. The molecular weight excluding hydrogens is 826 g/mol. The molecule has 0 aliphatic carbocycles. The van der Waals surface area contributed by atoms with Gasteiger partial charge in [-0.3, -0.25) is 23.2 Å². The van der Waals surface area contributed by atoms with Crippen LogP contribution < -0.4 is 16.0 Å². The van der Waals surface area contributed by atoms with Crippen molar-refractivity contribution in [2.45, 2.75) is 278 Å². The number of carbonyl (C=O) groups excluding carboxylic acids is 3. The van der Waals surface area contributed by atoms with Crippen LogP contribution in [-0.4, -0.2) is 62.0 Å². The molecule has 2 unspecified atom stereocenters. The van der Waals surface area contributed by atoms with Crippen molar-refractivity contribution in [2.24, 2.45) is 0 Å². The fourth-order valence-corrected chi connectivity index (χ4v) is 8.99. The van der Waals surface area contributed by atoms with Crippen molar-refractivity contribution in [3.05, 3.63) is 12.7 Å². The van der Waals surface area contributed by atoms with Crippen LogP contribution in [0.25, 0.3) is 0 Å². The Morgan fingerprint density at radius 2 is 0.922 bits per heavy atom. The Morgan fingerprint density at radius 1 is 0.531 bits per heavy atom. The van der Waals surface area contributed by atoms with Gasteiger partial charge in [0.25, 0.3) is 0 Å². The molecule has 0 rings (SSSR count). The van der Waals surface area contributed by atoms with Crippen LogP contribution in [-0.2, 0) is 32.5 Å². The zero-order valence-corrected chi connectivity index (χ0v) is 43.4. The standard InChI is InChI=1S/C52H102N3O8P/c1-8-12-15-18-21-23-25-27-30-33-36-39-49(56)54-47(38-35-32-29-20-17-14-10-3)41-42-48(55-50(57)40-37-34-31-28-26-24-22-19-16-13-9-2)46-62-64(59,60-44-11-4)61-45-43-53-51(58)63-52(5,6)7/h11,47-48H,4,8-10,12-46H2,1-3,5-7H3,(H,53,58)(H,54,56)(H,55,57)/t47?,48-,64?/m1/s1. The molecule has 0 saturated heterocycles. The lowest BCUT2D eigenvalue weighted by Gasteiger charge is -2.25. The van der Waals surface area contributed by atoms with Crippen molar-refractivity contribution in [2.75, 3.05) is 26.4 Å². The van der Waals surface area contributed by atoms with Crippen LogP contribution in [0, 0.1) is 0 Å². The van der Waals surface area contributed by atoms with Crippen molar-refractivity contribution in [3.8, 4) is 0 Å². The molecule has 0 aromatic rings. The van der Waals surface area contributed by atoms with Gasteiger partial charge < -0.3 is 20.7 Å². The van der Waals surface area contributed by atoms with Gasteiger partial charge in [-0.05, 0) is 52.9 Å². The number of nitrogens with one attached hydrogen (secondary N) is 3. The summed E-state index contributed by atoms with van der Waals surface area (Å²) in [6, 6.07) is -0.523. The Balaban J connectivity index is 5.53. The van der Waals surface area contributed by atoms with Gasteiger partial charge >= 0.3 is 13.9 Å². The van der Waals surface area contributed by atoms with E-state index in [4.69, 9.17) is 18.3 Å². The van der Waals surface area contributed by atoms with Gasteiger partial charge in [-0.15, -0.1) is 6.58 Å². The smallest absolute Gasteiger partial charge is 0.444 e. The molecule has 0 aromatic carbocycles. The lowest BCUT2D eigenvalue weighted by molar-refractivity contribution is -0.123. The minimum atomic E-state index is -4.10. The molecule has 12 heteroatoms. The van der Waals surface area contributed by atoms with Crippen LogP contribution in [0.2, 0.25) is 0 Å². The molecule has 0 spiro atoms. The number of phosphoric ester groups is 1. The largest absolute Gasteiger partial charge is 0.475 e. The number of unbranched alkanes of at least 4 members (excludes halogenated alkanes) is 26. The maximum Gasteiger partial charge on any atom is 0.475 e. The highest BCUT2D eigenvalue weighted by Crippen LogP contribution is 2.49. The summed E-state index contributed by atoms with van der Waals surface area (Å²) in [6.07, 6.45) is 39.1. The van der Waals surface area contributed by atoms with Crippen LogP contribution in [0.15, 0.2) is 12.7 Å². The first-order valence-corrected chi connectivity index (χ1v) is 28.0. The average molecular weight is 928 g/mol. The Labute approximate surface area is 394 Å². The molecule has 3 N–H and O–H groups in total. The maximum absolute atomic E-state index is 13.8. The van der Waals surface area contributed by atoms with E-state index in [1.54, 1.807) is 20.8 Å². The minimum absolute atomic E-state index is 0.0258. The SMILES string of the molecule is C=CCOP(=O)(OCCNC(=O)OC(C)(C)C)OC[C@@H](CCC(CCCCCCCCC)NC(=O)CCCCCCCCCCCCC)NC(=O)CCCCCCCCCCCCC. The van der Waals surface area contributed by atoms with Crippen LogP contribution in [0.3, 0.4) is 0 Å². The second kappa shape index (κ2) is 43.6. The normalized spacial score (nSPS) is 13.5. The van der Waals surface area contributed by atoms with Crippen molar-refractivity contribution >= 4 is 25.7 Å². The quantitative estimate of drug-likeness (QED) is 0.0311. The molecule has 0 radical (unpaired) electrons. The monoisotopic (exact) mass is 928 g/mol. The number of ether oxygens (including phenoxy) is 1. The van der Waals surface area contributed by atoms with Crippen LogP contribution in [0.4, 0.5) is 4.79 Å². The Morgan fingerprint density at radius 3 is 1.34 bits per heavy atom. The van der Waals surface area contributed by atoms with Gasteiger partial charge in [-0.1, -0.05) is 200 Å². The summed E-state index contributed by atoms with van der Waals surface area (Å²) in [5.74, 6) is 0.0194. The van der Waals surface area contributed by atoms with Crippen molar-refractivity contribution in [1.29, 1.82) is 0 Å². The van der Waals surface area contributed by atoms with E-state index in [0.717, 1.165) is 51.4 Å². The van der Waals surface area contributed by atoms with E-state index in [0.29, 0.717) is 25.7 Å². The lowest BCUT2D eigenvalue weighted by Crippen LogP contribution is -2.41. The van der Waals surface area contributed by atoms with Gasteiger partial charge in [-0.2, -0.15) is 0 Å². The highest BCUT2D eigenvalue weighted by atomic mass is 31.2. The summed E-state index contributed by atoms with van der Waals surface area (Å²) in [6.45, 7) is 15.4. The van der Waals surface area contributed by atoms with Crippen LogP contribution in [0.5, 0.6) is 0 Å². The molecule has 11 nitrogen and oxygen atoms in total. The number of rotatable bonds is 47. The fourth-order valence-electron chi connectivity index (χ4n) is 7.80. The summed E-state index contributed by atoms with van der Waals surface area (Å²) in [4.78, 5) is 38.8. The first kappa shape index (κ1) is 62.1. The molecule has 0 aliphatic rings. The van der Waals surface area contributed by atoms with E-state index in [1.807, 2.05) is 0 Å². The summed E-state index contributed by atoms with van der Waals surface area (Å²) >= 11 is 0. The Hall–Kier alpha value is -1.94. The van der Waals surface area contributed by atoms with E-state index >= 15 is 0 Å². The highest BCUT2D eigenvalue weighted by Gasteiger charge is 2.29. The Kier molecular flexibility index (Phi) is 42.3. The second-order valence-corrected chi connectivity index (χ2v) is 20.8. The molecule has 3 amide bonds. The second-order valence-electron chi connectivity index (χ2n) is 19.2. The molecule has 0 fully saturated rings. The van der Waals surface area contributed by atoms with Gasteiger partial charge in [0.1, 0.15) is 5.60 Å². The number of carbonyl (C=O) groups is 3. The first-order chi connectivity index (χ1) is 30.9. The molecule has 3 atom stereocenters. The van der Waals surface area contributed by atoms with Gasteiger partial charge in [0.15, 0.2) is 0 Å². The predicted molar refractivity (Wildman–Crippen MR) is 268 cm³/mol. The number of phosphoric acid groups is 1. The molecule has 0 aromatic heterocycles. The topological polar surface area (TPSA) is 141 Å². The molecule has 64 heavy (non-hydrogen) atoms. The third kappa shape index (κ3) is 42.7. The van der Waals surface area contributed by atoms with Gasteiger partial charge in [-0.25, -0.2) is 9.36 Å². The Bertz CT molecular complexity index is 1170. The van der Waals surface area contributed by atoms with E-state index < -0.39 is 25.6 Å². The number of hydrogen-bond acceptors (Lipinski definition) is 8. The van der Waals surface area contributed by atoms with Gasteiger partial charge in [0.2, 0.25) is 11.8 Å². The average Bonchev–Trinajstić information content (AvgIpc) is 3.25. The van der Waals surface area contributed by atoms with Crippen LogP contribution >= 0.6 is 7.82 Å². The third-order valence-corrected chi connectivity index (χ3v) is 13.0. The van der Waals surface area contributed by atoms with Crippen molar-refractivity contribution in [1.82, 2.24) is 16.0 Å². The molecule has 0 saturated carbocycles. The maximum atomic E-state index is 13.8. The zero-order valence-electron chi connectivity index (χ0n) is 42.5.